The van der Waals surface area contributed by atoms with Gasteiger partial charge >= 0.3 is 5.97 Å². The van der Waals surface area contributed by atoms with Crippen LogP contribution in [-0.4, -0.2) is 99.7 Å². The van der Waals surface area contributed by atoms with Gasteiger partial charge in [0.1, 0.15) is 30.2 Å². The second-order valence-corrected chi connectivity index (χ2v) is 10.7. The molecule has 1 aromatic rings. The first-order chi connectivity index (χ1) is 20.5. The summed E-state index contributed by atoms with van der Waals surface area (Å²) in [6.45, 7) is 4.97. The van der Waals surface area contributed by atoms with E-state index in [0.717, 1.165) is 6.92 Å². The van der Waals surface area contributed by atoms with Crippen molar-refractivity contribution in [1.29, 1.82) is 0 Å². The molecule has 6 atom stereocenters. The Balaban J connectivity index is 3.13. The van der Waals surface area contributed by atoms with Gasteiger partial charge in [-0.2, -0.15) is 0 Å². The maximum absolute atomic E-state index is 13.3. The van der Waals surface area contributed by atoms with Gasteiger partial charge in [-0.05, 0) is 24.8 Å². The third-order valence-corrected chi connectivity index (χ3v) is 6.21. The Morgan fingerprint density at radius 1 is 0.750 bits per heavy atom. The molecule has 0 aliphatic carbocycles. The lowest BCUT2D eigenvalue weighted by Gasteiger charge is -2.28. The predicted molar refractivity (Wildman–Crippen MR) is 155 cm³/mol. The van der Waals surface area contributed by atoms with E-state index in [4.69, 9.17) is 5.73 Å². The molecule has 0 aliphatic rings. The number of nitrogens with two attached hydrogens (primary N) is 1. The zero-order valence-corrected chi connectivity index (χ0v) is 25.0. The molecule has 0 saturated carbocycles. The minimum atomic E-state index is -1.62. The molecule has 10 N–H and O–H groups in total. The normalized spacial score (nSPS) is 15.0. The van der Waals surface area contributed by atoms with Gasteiger partial charge in [0.05, 0.1) is 19.1 Å². The SMILES string of the molecule is CC(=O)N[C@@H](CO)C(=O)N[C@H](C(=O)N[C@@H](CC(C)C)C(=O)N[C@@H](CC(N)=O)C(=O)N[C@@H](Cc1ccccc1)C(=O)O)[C@@H](C)O. The van der Waals surface area contributed by atoms with Gasteiger partial charge in [0.25, 0.3) is 0 Å². The molecule has 0 bridgehead atoms. The molecule has 16 heteroatoms. The molecular weight excluding hydrogens is 580 g/mol. The number of primary amides is 1. The molecular formula is C28H42N6O10. The largest absolute Gasteiger partial charge is 0.480 e. The standard InChI is InChI=1S/C28H42N6O10/c1-14(2)10-18(32-27(42)23(15(3)36)34-26(41)21(13-35)30-16(4)37)24(39)31-19(12-22(29)38)25(40)33-20(28(43)44)11-17-8-6-5-7-9-17/h5-9,14-15,18-21,23,35-36H,10-13H2,1-4H3,(H2,29,38)(H,30,37)(H,31,39)(H,32,42)(H,33,40)(H,34,41)(H,43,44)/t15-,18+,19+,20+,21+,23+/m1/s1. The van der Waals surface area contributed by atoms with E-state index in [9.17, 15) is 48.9 Å². The number of aliphatic hydroxyl groups is 2. The van der Waals surface area contributed by atoms with Crippen molar-refractivity contribution in [2.75, 3.05) is 6.61 Å². The van der Waals surface area contributed by atoms with E-state index >= 15 is 0 Å². The maximum Gasteiger partial charge on any atom is 0.326 e. The van der Waals surface area contributed by atoms with Gasteiger partial charge in [-0.3, -0.25) is 28.8 Å². The van der Waals surface area contributed by atoms with E-state index in [-0.39, 0.29) is 18.8 Å². The van der Waals surface area contributed by atoms with E-state index in [0.29, 0.717) is 5.56 Å². The molecule has 16 nitrogen and oxygen atoms in total. The lowest BCUT2D eigenvalue weighted by molar-refractivity contribution is -0.142. The molecule has 1 rings (SSSR count). The zero-order valence-electron chi connectivity index (χ0n) is 25.0. The van der Waals surface area contributed by atoms with E-state index < -0.39 is 90.8 Å². The van der Waals surface area contributed by atoms with Gasteiger partial charge in [0, 0.05) is 13.3 Å². The second kappa shape index (κ2) is 18.2. The Morgan fingerprint density at radius 2 is 1.27 bits per heavy atom. The third-order valence-electron chi connectivity index (χ3n) is 6.21. The zero-order chi connectivity index (χ0) is 33.6. The first kappa shape index (κ1) is 37.5. The van der Waals surface area contributed by atoms with E-state index in [1.54, 1.807) is 44.2 Å². The first-order valence-electron chi connectivity index (χ1n) is 13.9. The van der Waals surface area contributed by atoms with Crippen LogP contribution >= 0.6 is 0 Å². The van der Waals surface area contributed by atoms with Crippen LogP contribution in [0.4, 0.5) is 0 Å². The highest BCUT2D eigenvalue weighted by Gasteiger charge is 2.34. The molecule has 0 saturated heterocycles. The van der Waals surface area contributed by atoms with E-state index in [1.807, 2.05) is 0 Å². The molecule has 0 aromatic heterocycles. The van der Waals surface area contributed by atoms with Crippen molar-refractivity contribution in [2.45, 2.75) is 83.3 Å². The summed E-state index contributed by atoms with van der Waals surface area (Å²) >= 11 is 0. The summed E-state index contributed by atoms with van der Waals surface area (Å²) in [5, 5.41) is 40.7. The van der Waals surface area contributed by atoms with Crippen molar-refractivity contribution in [3.8, 4) is 0 Å². The number of carbonyl (C=O) groups excluding carboxylic acids is 6. The van der Waals surface area contributed by atoms with Gasteiger partial charge in [0.2, 0.25) is 35.4 Å². The van der Waals surface area contributed by atoms with Crippen molar-refractivity contribution in [2.24, 2.45) is 11.7 Å². The molecule has 244 valence electrons. The van der Waals surface area contributed by atoms with Crippen molar-refractivity contribution < 1.29 is 48.9 Å². The Morgan fingerprint density at radius 3 is 1.75 bits per heavy atom. The number of benzene rings is 1. The fraction of sp³-hybridized carbons (Fsp3) is 0.536. The van der Waals surface area contributed by atoms with Crippen LogP contribution < -0.4 is 32.3 Å². The number of hydrogen-bond acceptors (Lipinski definition) is 9. The molecule has 44 heavy (non-hydrogen) atoms. The first-order valence-corrected chi connectivity index (χ1v) is 13.9. The number of nitrogens with one attached hydrogen (secondary N) is 5. The minimum Gasteiger partial charge on any atom is -0.480 e. The van der Waals surface area contributed by atoms with Crippen molar-refractivity contribution in [3.63, 3.8) is 0 Å². The quantitative estimate of drug-likeness (QED) is 0.0803. The van der Waals surface area contributed by atoms with Crippen molar-refractivity contribution in [3.05, 3.63) is 35.9 Å². The van der Waals surface area contributed by atoms with E-state index in [1.165, 1.54) is 6.92 Å². The van der Waals surface area contributed by atoms with Crippen molar-refractivity contribution >= 4 is 41.4 Å². The summed E-state index contributed by atoms with van der Waals surface area (Å²) in [6, 6.07) is 1.07. The van der Waals surface area contributed by atoms with Crippen LogP contribution in [-0.2, 0) is 40.0 Å². The van der Waals surface area contributed by atoms with Crippen LogP contribution in [0, 0.1) is 5.92 Å². The Hall–Kier alpha value is -4.57. The number of carboxylic acid groups (broad SMARTS) is 1. The molecule has 0 aliphatic heterocycles. The summed E-state index contributed by atoms with van der Waals surface area (Å²) in [6.07, 6.45) is -2.24. The Bertz CT molecular complexity index is 1180. The van der Waals surface area contributed by atoms with Gasteiger partial charge in [-0.15, -0.1) is 0 Å². The number of aliphatic hydroxyl groups excluding tert-OH is 2. The fourth-order valence-electron chi connectivity index (χ4n) is 4.07. The van der Waals surface area contributed by atoms with Crippen LogP contribution in [0.25, 0.3) is 0 Å². The van der Waals surface area contributed by atoms with Gasteiger partial charge in [0.15, 0.2) is 0 Å². The summed E-state index contributed by atoms with van der Waals surface area (Å²) in [7, 11) is 0. The lowest BCUT2D eigenvalue weighted by Crippen LogP contribution is -2.61. The Labute approximate surface area is 254 Å². The number of carbonyl (C=O) groups is 7. The smallest absolute Gasteiger partial charge is 0.326 e. The summed E-state index contributed by atoms with van der Waals surface area (Å²) in [4.78, 5) is 86.9. The monoisotopic (exact) mass is 622 g/mol. The number of amides is 6. The topological polar surface area (TPSA) is 266 Å². The molecule has 0 unspecified atom stereocenters. The lowest BCUT2D eigenvalue weighted by atomic mass is 10.0. The molecule has 0 radical (unpaired) electrons. The maximum atomic E-state index is 13.3. The predicted octanol–water partition coefficient (Wildman–Crippen LogP) is -2.95. The van der Waals surface area contributed by atoms with Crippen molar-refractivity contribution in [1.82, 2.24) is 26.6 Å². The fourth-order valence-corrected chi connectivity index (χ4v) is 4.07. The van der Waals surface area contributed by atoms with Crippen LogP contribution in [0.1, 0.15) is 46.1 Å². The summed E-state index contributed by atoms with van der Waals surface area (Å²) in [5.41, 5.74) is 5.88. The third kappa shape index (κ3) is 13.2. The van der Waals surface area contributed by atoms with Gasteiger partial charge in [-0.1, -0.05) is 44.2 Å². The molecule has 0 fully saturated rings. The highest BCUT2D eigenvalue weighted by Crippen LogP contribution is 2.09. The molecule has 1 aromatic carbocycles. The van der Waals surface area contributed by atoms with Crippen LogP contribution in [0.3, 0.4) is 0 Å². The van der Waals surface area contributed by atoms with Gasteiger partial charge < -0.3 is 47.6 Å². The summed E-state index contributed by atoms with van der Waals surface area (Å²) < 4.78 is 0. The molecule has 0 spiro atoms. The van der Waals surface area contributed by atoms with E-state index in [2.05, 4.69) is 26.6 Å². The second-order valence-electron chi connectivity index (χ2n) is 10.7. The van der Waals surface area contributed by atoms with Gasteiger partial charge in [-0.25, -0.2) is 4.79 Å². The van der Waals surface area contributed by atoms with Crippen LogP contribution in [0.2, 0.25) is 0 Å². The number of aliphatic carboxylic acids is 1. The average molecular weight is 623 g/mol. The minimum absolute atomic E-state index is 0.0138. The molecule has 0 heterocycles. The number of rotatable bonds is 18. The van der Waals surface area contributed by atoms with Crippen LogP contribution in [0.15, 0.2) is 30.3 Å². The average Bonchev–Trinajstić information content (AvgIpc) is 2.92. The number of carboxylic acids is 1. The Kier molecular flexibility index (Phi) is 15.5. The molecule has 6 amide bonds. The summed E-state index contributed by atoms with van der Waals surface area (Å²) in [5.74, 6) is -7.06. The number of hydrogen-bond donors (Lipinski definition) is 9. The highest BCUT2D eigenvalue weighted by molar-refractivity contribution is 5.97. The highest BCUT2D eigenvalue weighted by atomic mass is 16.4. The van der Waals surface area contributed by atoms with Crippen LogP contribution in [0.5, 0.6) is 0 Å².